The second-order valence-corrected chi connectivity index (χ2v) is 10.8. The zero-order valence-corrected chi connectivity index (χ0v) is 22.5. The van der Waals surface area contributed by atoms with E-state index in [1.54, 1.807) is 38.1 Å². The lowest BCUT2D eigenvalue weighted by Gasteiger charge is -2.24. The molecule has 200 valence electrons. The Morgan fingerprint density at radius 1 is 0.921 bits per heavy atom. The second-order valence-electron chi connectivity index (χ2n) is 8.55. The zero-order valence-electron chi connectivity index (χ0n) is 20.9. The lowest BCUT2D eigenvalue weighted by Crippen LogP contribution is -2.37. The molecule has 0 aliphatic rings. The third kappa shape index (κ3) is 8.32. The normalized spacial score (nSPS) is 11.1. The van der Waals surface area contributed by atoms with Crippen LogP contribution in [0.5, 0.6) is 0 Å². The number of amides is 2. The number of carbonyl (C=O) groups excluding carboxylic acids is 3. The molecule has 0 radical (unpaired) electrons. The smallest absolute Gasteiger partial charge is 0.327 e. The summed E-state index contributed by atoms with van der Waals surface area (Å²) in [6, 6.07) is 20.8. The molecule has 0 fully saturated rings. The molecular weight excluding hydrogens is 530 g/mol. The Bertz CT molecular complexity index is 1400. The van der Waals surface area contributed by atoms with Crippen LogP contribution in [-0.2, 0) is 35.6 Å². The van der Waals surface area contributed by atoms with Crippen molar-refractivity contribution in [2.45, 2.75) is 31.3 Å². The molecule has 0 aliphatic heterocycles. The van der Waals surface area contributed by atoms with Gasteiger partial charge in [-0.2, -0.15) is 0 Å². The highest BCUT2D eigenvalue weighted by Crippen LogP contribution is 2.27. The molecule has 2 N–H and O–H groups in total. The summed E-state index contributed by atoms with van der Waals surface area (Å²) in [6.45, 7) is 2.45. The summed E-state index contributed by atoms with van der Waals surface area (Å²) >= 11 is 6.07. The standard InChI is InChI=1S/C27H28ClN3O6S/c1-19(2)37-27(34)18-31(23-12-6-10-21(28)15-23)38(35,36)24-13-7-11-22(16-24)30-26(33)17-29-25(32)14-20-8-4-3-5-9-20/h3-13,15-16,19H,14,17-18H2,1-2H3,(H,29,32)(H,30,33). The fourth-order valence-corrected chi connectivity index (χ4v) is 5.08. The van der Waals surface area contributed by atoms with E-state index in [1.807, 2.05) is 18.2 Å². The number of rotatable bonds is 11. The number of nitrogens with zero attached hydrogens (tertiary/aromatic N) is 1. The fourth-order valence-electron chi connectivity index (χ4n) is 3.45. The molecule has 2 amide bonds. The maximum Gasteiger partial charge on any atom is 0.327 e. The summed E-state index contributed by atoms with van der Waals surface area (Å²) in [7, 11) is -4.27. The van der Waals surface area contributed by atoms with Crippen LogP contribution < -0.4 is 14.9 Å². The SMILES string of the molecule is CC(C)OC(=O)CN(c1cccc(Cl)c1)S(=O)(=O)c1cccc(NC(=O)CNC(=O)Cc2ccccc2)c1. The first-order valence-electron chi connectivity index (χ1n) is 11.7. The highest BCUT2D eigenvalue weighted by molar-refractivity contribution is 7.92. The van der Waals surface area contributed by atoms with E-state index < -0.39 is 34.5 Å². The molecule has 0 saturated heterocycles. The Morgan fingerprint density at radius 2 is 1.63 bits per heavy atom. The first-order chi connectivity index (χ1) is 18.0. The largest absolute Gasteiger partial charge is 0.462 e. The lowest BCUT2D eigenvalue weighted by molar-refractivity contribution is -0.145. The van der Waals surface area contributed by atoms with Gasteiger partial charge in [0.25, 0.3) is 10.0 Å². The van der Waals surface area contributed by atoms with Crippen LogP contribution in [0.3, 0.4) is 0 Å². The van der Waals surface area contributed by atoms with Crippen LogP contribution in [-0.4, -0.2) is 45.4 Å². The summed E-state index contributed by atoms with van der Waals surface area (Å²) in [5.41, 5.74) is 1.18. The number of hydrogen-bond acceptors (Lipinski definition) is 6. The van der Waals surface area contributed by atoms with E-state index >= 15 is 0 Å². The van der Waals surface area contributed by atoms with Crippen LogP contribution in [0, 0.1) is 0 Å². The van der Waals surface area contributed by atoms with E-state index in [1.165, 1.54) is 36.4 Å². The van der Waals surface area contributed by atoms with Gasteiger partial charge in [0.15, 0.2) is 0 Å². The van der Waals surface area contributed by atoms with E-state index in [-0.39, 0.29) is 40.2 Å². The molecule has 0 spiro atoms. The number of carbonyl (C=O) groups is 3. The van der Waals surface area contributed by atoms with E-state index in [4.69, 9.17) is 16.3 Å². The molecule has 3 rings (SSSR count). The van der Waals surface area contributed by atoms with Crippen molar-refractivity contribution in [2.24, 2.45) is 0 Å². The maximum absolute atomic E-state index is 13.6. The van der Waals surface area contributed by atoms with Gasteiger partial charge in [-0.25, -0.2) is 8.42 Å². The van der Waals surface area contributed by atoms with Crippen LogP contribution in [0.25, 0.3) is 0 Å². The van der Waals surface area contributed by atoms with Crippen molar-refractivity contribution in [3.63, 3.8) is 0 Å². The maximum atomic E-state index is 13.6. The predicted molar refractivity (Wildman–Crippen MR) is 145 cm³/mol. The number of nitrogens with one attached hydrogen (secondary N) is 2. The minimum absolute atomic E-state index is 0.125. The average Bonchev–Trinajstić information content (AvgIpc) is 2.86. The monoisotopic (exact) mass is 557 g/mol. The first kappa shape index (κ1) is 28.7. The predicted octanol–water partition coefficient (Wildman–Crippen LogP) is 3.78. The van der Waals surface area contributed by atoms with Crippen molar-refractivity contribution in [1.29, 1.82) is 0 Å². The van der Waals surface area contributed by atoms with Crippen molar-refractivity contribution >= 4 is 50.8 Å². The van der Waals surface area contributed by atoms with Crippen molar-refractivity contribution in [1.82, 2.24) is 5.32 Å². The van der Waals surface area contributed by atoms with Crippen LogP contribution in [0.2, 0.25) is 5.02 Å². The zero-order chi connectivity index (χ0) is 27.7. The van der Waals surface area contributed by atoms with Crippen LogP contribution in [0.1, 0.15) is 19.4 Å². The highest BCUT2D eigenvalue weighted by atomic mass is 35.5. The van der Waals surface area contributed by atoms with Crippen LogP contribution in [0.15, 0.2) is 83.8 Å². The number of halogens is 1. The van der Waals surface area contributed by atoms with Gasteiger partial charge in [-0.05, 0) is 55.8 Å². The number of benzene rings is 3. The van der Waals surface area contributed by atoms with E-state index in [0.29, 0.717) is 0 Å². The second kappa shape index (κ2) is 13.1. The number of sulfonamides is 1. The Hall–Kier alpha value is -3.89. The van der Waals surface area contributed by atoms with E-state index in [0.717, 1.165) is 9.87 Å². The summed E-state index contributed by atoms with van der Waals surface area (Å²) in [4.78, 5) is 36.8. The quantitative estimate of drug-likeness (QED) is 0.346. The van der Waals surface area contributed by atoms with Gasteiger partial charge < -0.3 is 15.4 Å². The molecular formula is C27H28ClN3O6S. The van der Waals surface area contributed by atoms with Gasteiger partial charge in [-0.1, -0.05) is 54.1 Å². The van der Waals surface area contributed by atoms with Gasteiger partial charge >= 0.3 is 5.97 Å². The van der Waals surface area contributed by atoms with Crippen LogP contribution in [0.4, 0.5) is 11.4 Å². The molecule has 0 bridgehead atoms. The van der Waals surface area contributed by atoms with Gasteiger partial charge in [-0.15, -0.1) is 0 Å². The molecule has 11 heteroatoms. The lowest BCUT2D eigenvalue weighted by atomic mass is 10.1. The van der Waals surface area contributed by atoms with Gasteiger partial charge in [0.1, 0.15) is 6.54 Å². The molecule has 0 aliphatic carbocycles. The molecule has 3 aromatic rings. The van der Waals surface area contributed by atoms with Crippen molar-refractivity contribution < 1.29 is 27.5 Å². The molecule has 0 atom stereocenters. The Balaban J connectivity index is 1.74. The third-order valence-corrected chi connectivity index (χ3v) is 7.10. The summed E-state index contributed by atoms with van der Waals surface area (Å²) in [5.74, 6) is -1.60. The van der Waals surface area contributed by atoms with Gasteiger partial charge in [0, 0.05) is 10.7 Å². The molecule has 0 heterocycles. The molecule has 38 heavy (non-hydrogen) atoms. The van der Waals surface area contributed by atoms with Crippen molar-refractivity contribution in [3.05, 3.63) is 89.4 Å². The average molecular weight is 558 g/mol. The number of anilines is 2. The Morgan fingerprint density at radius 3 is 2.32 bits per heavy atom. The number of esters is 1. The Labute approximate surface area is 226 Å². The first-order valence-corrected chi connectivity index (χ1v) is 13.5. The third-order valence-electron chi connectivity index (χ3n) is 5.10. The highest BCUT2D eigenvalue weighted by Gasteiger charge is 2.28. The minimum atomic E-state index is -4.27. The molecule has 0 aromatic heterocycles. The number of ether oxygens (including phenoxy) is 1. The topological polar surface area (TPSA) is 122 Å². The molecule has 9 nitrogen and oxygen atoms in total. The van der Waals surface area contributed by atoms with Crippen molar-refractivity contribution in [2.75, 3.05) is 22.7 Å². The summed E-state index contributed by atoms with van der Waals surface area (Å²) in [6.07, 6.45) is -0.307. The van der Waals surface area contributed by atoms with E-state index in [9.17, 15) is 22.8 Å². The van der Waals surface area contributed by atoms with Crippen LogP contribution >= 0.6 is 11.6 Å². The summed E-state index contributed by atoms with van der Waals surface area (Å²) in [5, 5.41) is 5.40. The number of hydrogen-bond donors (Lipinski definition) is 2. The van der Waals surface area contributed by atoms with Gasteiger partial charge in [-0.3, -0.25) is 18.7 Å². The molecule has 3 aromatic carbocycles. The molecule has 0 unspecified atom stereocenters. The van der Waals surface area contributed by atoms with Gasteiger partial charge in [0.05, 0.1) is 29.7 Å². The van der Waals surface area contributed by atoms with E-state index in [2.05, 4.69) is 10.6 Å². The minimum Gasteiger partial charge on any atom is -0.462 e. The molecule has 0 saturated carbocycles. The van der Waals surface area contributed by atoms with Gasteiger partial charge in [0.2, 0.25) is 11.8 Å². The fraction of sp³-hybridized carbons (Fsp3) is 0.222. The Kier molecular flexibility index (Phi) is 9.86. The summed E-state index contributed by atoms with van der Waals surface area (Å²) < 4.78 is 33.2. The van der Waals surface area contributed by atoms with Crippen molar-refractivity contribution in [3.8, 4) is 0 Å².